The summed E-state index contributed by atoms with van der Waals surface area (Å²) in [4.78, 5) is 16.9. The number of hydrogen-bond donors (Lipinski definition) is 0. The number of thiophene rings is 1. The van der Waals surface area contributed by atoms with Gasteiger partial charge in [0.05, 0.1) is 12.7 Å². The van der Waals surface area contributed by atoms with Gasteiger partial charge in [-0.05, 0) is 48.7 Å². The molecule has 6 rings (SSSR count). The summed E-state index contributed by atoms with van der Waals surface area (Å²) in [6.45, 7) is 4.04. The fourth-order valence-electron chi connectivity index (χ4n) is 4.81. The third-order valence-electron chi connectivity index (χ3n) is 6.48. The van der Waals surface area contributed by atoms with Gasteiger partial charge >= 0.3 is 0 Å². The molecule has 0 bridgehead atoms. The Hall–Kier alpha value is -3.55. The quantitative estimate of drug-likeness (QED) is 0.366. The zero-order valence-electron chi connectivity index (χ0n) is 19.3. The summed E-state index contributed by atoms with van der Waals surface area (Å²) < 4.78 is 19.7. The van der Waals surface area contributed by atoms with Crippen molar-refractivity contribution in [1.82, 2.24) is 9.47 Å². The number of hydrogen-bond acceptors (Lipinski definition) is 6. The van der Waals surface area contributed by atoms with Gasteiger partial charge in [0.25, 0.3) is 0 Å². The van der Waals surface area contributed by atoms with Crippen LogP contribution < -0.4 is 14.2 Å². The van der Waals surface area contributed by atoms with Crippen molar-refractivity contribution in [1.29, 1.82) is 0 Å². The largest absolute Gasteiger partial charge is 0.497 e. The molecule has 4 aromatic rings. The number of fused-ring (bicyclic) bond motifs is 3. The Morgan fingerprint density at radius 3 is 2.88 bits per heavy atom. The Morgan fingerprint density at radius 2 is 2.09 bits per heavy atom. The van der Waals surface area contributed by atoms with Crippen LogP contribution in [0.15, 0.2) is 53.7 Å². The van der Waals surface area contributed by atoms with E-state index >= 15 is 0 Å². The van der Waals surface area contributed by atoms with E-state index in [0.29, 0.717) is 23.8 Å². The molecule has 4 heterocycles. The van der Waals surface area contributed by atoms with E-state index in [1.54, 1.807) is 18.4 Å². The third-order valence-corrected chi connectivity index (χ3v) is 7.34. The lowest BCUT2D eigenvalue weighted by molar-refractivity contribution is 0.0886. The Kier molecular flexibility index (Phi) is 4.97. The number of ketones is 1. The van der Waals surface area contributed by atoms with Gasteiger partial charge in [0, 0.05) is 58.8 Å². The van der Waals surface area contributed by atoms with Crippen LogP contribution in [0, 0.1) is 6.92 Å². The van der Waals surface area contributed by atoms with Gasteiger partial charge in [-0.1, -0.05) is 6.07 Å². The topological polar surface area (TPSA) is 52.9 Å². The van der Waals surface area contributed by atoms with E-state index in [-0.39, 0.29) is 5.78 Å². The SMILES string of the molecule is COc1ccc2c(c1)c(/C=C1\Oc3c(cc4c(c3C)OCN(Cc3cccs3)C4)C1=O)cn2C. The normalized spacial score (nSPS) is 16.4. The summed E-state index contributed by atoms with van der Waals surface area (Å²) in [6.07, 6.45) is 3.83. The summed E-state index contributed by atoms with van der Waals surface area (Å²) in [6, 6.07) is 12.1. The highest BCUT2D eigenvalue weighted by Gasteiger charge is 2.34. The van der Waals surface area contributed by atoms with Crippen molar-refractivity contribution in [2.45, 2.75) is 20.0 Å². The molecule has 0 atom stereocenters. The Balaban J connectivity index is 1.34. The fraction of sp³-hybridized carbons (Fsp3) is 0.222. The van der Waals surface area contributed by atoms with Gasteiger partial charge in [-0.25, -0.2) is 0 Å². The van der Waals surface area contributed by atoms with Crippen LogP contribution in [0.3, 0.4) is 0 Å². The summed E-state index contributed by atoms with van der Waals surface area (Å²) >= 11 is 1.74. The lowest BCUT2D eigenvalue weighted by atomic mass is 10.00. The second kappa shape index (κ2) is 8.04. The summed E-state index contributed by atoms with van der Waals surface area (Å²) in [5.74, 6) is 2.42. The van der Waals surface area contributed by atoms with Crippen LogP contribution >= 0.6 is 11.3 Å². The smallest absolute Gasteiger partial charge is 0.231 e. The first kappa shape index (κ1) is 21.0. The average molecular weight is 473 g/mol. The van der Waals surface area contributed by atoms with Crippen molar-refractivity contribution < 1.29 is 19.0 Å². The molecule has 7 heteroatoms. The molecule has 0 fully saturated rings. The number of benzene rings is 2. The van der Waals surface area contributed by atoms with Crippen molar-refractivity contribution in [2.75, 3.05) is 13.8 Å². The monoisotopic (exact) mass is 472 g/mol. The first-order chi connectivity index (χ1) is 16.5. The van der Waals surface area contributed by atoms with Crippen LogP contribution in [0.4, 0.5) is 0 Å². The van der Waals surface area contributed by atoms with Gasteiger partial charge in [-0.2, -0.15) is 0 Å². The molecule has 0 unspecified atom stereocenters. The molecule has 0 saturated carbocycles. The Labute approximate surface area is 201 Å². The number of aryl methyl sites for hydroxylation is 1. The van der Waals surface area contributed by atoms with Crippen molar-refractivity contribution in [3.63, 3.8) is 0 Å². The molecular weight excluding hydrogens is 448 g/mol. The van der Waals surface area contributed by atoms with E-state index in [0.717, 1.165) is 52.2 Å². The lowest BCUT2D eigenvalue weighted by Crippen LogP contribution is -2.31. The zero-order chi connectivity index (χ0) is 23.4. The number of ether oxygens (including phenoxy) is 3. The van der Waals surface area contributed by atoms with Crippen LogP contribution in [-0.4, -0.2) is 29.1 Å². The lowest BCUT2D eigenvalue weighted by Gasteiger charge is -2.30. The summed E-state index contributed by atoms with van der Waals surface area (Å²) in [5.41, 5.74) is 4.46. The predicted octanol–water partition coefficient (Wildman–Crippen LogP) is 5.53. The molecule has 0 spiro atoms. The van der Waals surface area contributed by atoms with Gasteiger partial charge in [-0.3, -0.25) is 9.69 Å². The predicted molar refractivity (Wildman–Crippen MR) is 133 cm³/mol. The number of allylic oxidation sites excluding steroid dienone is 1. The highest BCUT2D eigenvalue weighted by atomic mass is 32.1. The van der Waals surface area contributed by atoms with Crippen LogP contribution in [0.25, 0.3) is 17.0 Å². The number of carbonyl (C=O) groups is 1. The maximum atomic E-state index is 13.4. The number of nitrogens with zero attached hydrogens (tertiary/aromatic N) is 2. The molecular formula is C27H24N2O4S. The minimum atomic E-state index is -0.101. The van der Waals surface area contributed by atoms with Crippen LogP contribution in [-0.2, 0) is 20.1 Å². The fourth-order valence-corrected chi connectivity index (χ4v) is 5.55. The minimum Gasteiger partial charge on any atom is -0.497 e. The second-order valence-electron chi connectivity index (χ2n) is 8.72. The summed E-state index contributed by atoms with van der Waals surface area (Å²) in [7, 11) is 3.64. The van der Waals surface area contributed by atoms with Gasteiger partial charge in [0.2, 0.25) is 5.78 Å². The molecule has 0 amide bonds. The van der Waals surface area contributed by atoms with Crippen molar-refractivity contribution in [3.8, 4) is 17.2 Å². The molecule has 6 nitrogen and oxygen atoms in total. The van der Waals surface area contributed by atoms with Crippen LogP contribution in [0.2, 0.25) is 0 Å². The first-order valence-corrected chi connectivity index (χ1v) is 12.0. The van der Waals surface area contributed by atoms with E-state index < -0.39 is 0 Å². The number of rotatable bonds is 4. The minimum absolute atomic E-state index is 0.101. The van der Waals surface area contributed by atoms with Gasteiger partial charge < -0.3 is 18.8 Å². The van der Waals surface area contributed by atoms with E-state index in [4.69, 9.17) is 14.2 Å². The van der Waals surface area contributed by atoms with E-state index in [2.05, 4.69) is 22.4 Å². The molecule has 2 aliphatic heterocycles. The number of Topliss-reactive ketones (excluding diaryl/α,β-unsaturated/α-hetero) is 1. The van der Waals surface area contributed by atoms with Gasteiger partial charge in [-0.15, -0.1) is 11.3 Å². The van der Waals surface area contributed by atoms with Crippen LogP contribution in [0.1, 0.15) is 31.9 Å². The molecule has 2 aromatic carbocycles. The number of aromatic nitrogens is 1. The molecule has 2 aliphatic rings. The standard InChI is InChI=1S/C27H24N2O4S/c1-16-26-18(13-29(15-32-26)14-20-5-4-8-34-20)9-22-25(30)24(33-27(16)22)10-17-12-28(2)23-7-6-19(31-3)11-21(17)23/h4-12H,13-15H2,1-3H3/b24-10-. The highest BCUT2D eigenvalue weighted by molar-refractivity contribution is 7.09. The maximum Gasteiger partial charge on any atom is 0.231 e. The average Bonchev–Trinajstić information content (AvgIpc) is 3.54. The summed E-state index contributed by atoms with van der Waals surface area (Å²) in [5, 5.41) is 3.09. The Morgan fingerprint density at radius 1 is 1.21 bits per heavy atom. The molecule has 34 heavy (non-hydrogen) atoms. The highest BCUT2D eigenvalue weighted by Crippen LogP contribution is 2.43. The van der Waals surface area contributed by atoms with Crippen LogP contribution in [0.5, 0.6) is 17.2 Å². The molecule has 0 radical (unpaired) electrons. The van der Waals surface area contributed by atoms with Crippen molar-refractivity contribution in [2.24, 2.45) is 7.05 Å². The maximum absolute atomic E-state index is 13.4. The second-order valence-corrected chi connectivity index (χ2v) is 9.76. The zero-order valence-corrected chi connectivity index (χ0v) is 20.1. The Bertz CT molecular complexity index is 1470. The molecule has 172 valence electrons. The van der Waals surface area contributed by atoms with Crippen molar-refractivity contribution >= 4 is 34.1 Å². The van der Waals surface area contributed by atoms with E-state index in [1.807, 2.05) is 55.1 Å². The van der Waals surface area contributed by atoms with Crippen molar-refractivity contribution in [3.05, 3.63) is 80.9 Å². The molecule has 0 N–H and O–H groups in total. The van der Waals surface area contributed by atoms with E-state index in [9.17, 15) is 4.79 Å². The third kappa shape index (κ3) is 3.40. The number of methoxy groups -OCH3 is 1. The van der Waals surface area contributed by atoms with E-state index in [1.165, 1.54) is 4.88 Å². The molecule has 0 saturated heterocycles. The van der Waals surface area contributed by atoms with Gasteiger partial charge in [0.1, 0.15) is 24.0 Å². The number of carbonyl (C=O) groups excluding carboxylic acids is 1. The first-order valence-electron chi connectivity index (χ1n) is 11.1. The van der Waals surface area contributed by atoms with Gasteiger partial charge in [0.15, 0.2) is 5.76 Å². The molecule has 0 aliphatic carbocycles. The molecule has 2 aromatic heterocycles.